The van der Waals surface area contributed by atoms with Gasteiger partial charge in [0, 0.05) is 18.5 Å². The first-order valence-corrected chi connectivity index (χ1v) is 12.0. The lowest BCUT2D eigenvalue weighted by Crippen LogP contribution is -2.46. The first-order chi connectivity index (χ1) is 17.4. The number of amides is 2. The summed E-state index contributed by atoms with van der Waals surface area (Å²) >= 11 is 0. The zero-order chi connectivity index (χ0) is 25.7. The lowest BCUT2D eigenvalue weighted by Gasteiger charge is -2.24. The average molecular weight is 486 g/mol. The van der Waals surface area contributed by atoms with E-state index < -0.39 is 6.04 Å². The van der Waals surface area contributed by atoms with Crippen molar-refractivity contribution in [2.75, 3.05) is 20.2 Å². The maximum atomic E-state index is 13.6. The minimum absolute atomic E-state index is 0.190. The van der Waals surface area contributed by atoms with Gasteiger partial charge in [0.05, 0.1) is 12.3 Å². The Labute approximate surface area is 211 Å². The van der Waals surface area contributed by atoms with Gasteiger partial charge < -0.3 is 20.2 Å². The summed E-state index contributed by atoms with van der Waals surface area (Å²) in [6.07, 6.45) is 0.886. The minimum atomic E-state index is -0.675. The average Bonchev–Trinajstić information content (AvgIpc) is 3.28. The molecule has 0 aromatic heterocycles. The van der Waals surface area contributed by atoms with Crippen LogP contribution in [0.2, 0.25) is 0 Å². The highest BCUT2D eigenvalue weighted by atomic mass is 16.6. The zero-order valence-electron chi connectivity index (χ0n) is 20.8. The fraction of sp³-hybridized carbons (Fsp3) is 0.276. The van der Waals surface area contributed by atoms with E-state index >= 15 is 0 Å². The Balaban J connectivity index is 1.50. The zero-order valence-corrected chi connectivity index (χ0v) is 20.8. The summed E-state index contributed by atoms with van der Waals surface area (Å²) in [6, 6.07) is 20.2. The summed E-state index contributed by atoms with van der Waals surface area (Å²) in [5.41, 5.74) is 6.31. The Morgan fingerprint density at radius 2 is 1.86 bits per heavy atom. The number of aryl methyl sites for hydroxylation is 2. The molecule has 3 aromatic rings. The fourth-order valence-electron chi connectivity index (χ4n) is 4.63. The number of phenolic OH excluding ortho intramolecular Hbond substituents is 1. The van der Waals surface area contributed by atoms with E-state index in [1.807, 2.05) is 43.3 Å². The Kier molecular flexibility index (Phi) is 7.68. The number of phenols is 1. The van der Waals surface area contributed by atoms with Crippen molar-refractivity contribution in [1.82, 2.24) is 10.2 Å². The summed E-state index contributed by atoms with van der Waals surface area (Å²) in [5, 5.41) is 16.6. The Morgan fingerprint density at radius 1 is 1.06 bits per heavy atom. The van der Waals surface area contributed by atoms with Crippen molar-refractivity contribution in [1.29, 1.82) is 0 Å². The molecule has 1 aliphatic rings. The number of carbonyl (C=O) groups excluding carboxylic acids is 2. The van der Waals surface area contributed by atoms with Crippen LogP contribution < -0.4 is 5.32 Å². The molecule has 0 spiro atoms. The molecule has 2 N–H and O–H groups in total. The second kappa shape index (κ2) is 11.1. The highest BCUT2D eigenvalue weighted by Crippen LogP contribution is 2.27. The van der Waals surface area contributed by atoms with E-state index in [-0.39, 0.29) is 24.1 Å². The summed E-state index contributed by atoms with van der Waals surface area (Å²) < 4.78 is 0. The van der Waals surface area contributed by atoms with Crippen molar-refractivity contribution < 1.29 is 19.5 Å². The molecule has 0 saturated carbocycles. The van der Waals surface area contributed by atoms with Gasteiger partial charge in [0.1, 0.15) is 18.9 Å². The van der Waals surface area contributed by atoms with Crippen molar-refractivity contribution in [2.45, 2.75) is 32.7 Å². The van der Waals surface area contributed by atoms with Gasteiger partial charge in [-0.3, -0.25) is 9.59 Å². The van der Waals surface area contributed by atoms with E-state index in [2.05, 4.69) is 29.5 Å². The molecular formula is C29H31N3O4. The van der Waals surface area contributed by atoms with Gasteiger partial charge in [0.15, 0.2) is 0 Å². The molecule has 1 atom stereocenters. The van der Waals surface area contributed by atoms with Gasteiger partial charge in [-0.2, -0.15) is 0 Å². The largest absolute Gasteiger partial charge is 0.508 e. The molecule has 0 bridgehead atoms. The quantitative estimate of drug-likeness (QED) is 0.490. The molecule has 0 aliphatic carbocycles. The summed E-state index contributed by atoms with van der Waals surface area (Å²) in [4.78, 5) is 33.2. The molecule has 2 amide bonds. The molecule has 7 heteroatoms. The van der Waals surface area contributed by atoms with Gasteiger partial charge in [-0.1, -0.05) is 53.7 Å². The van der Waals surface area contributed by atoms with Crippen molar-refractivity contribution in [3.63, 3.8) is 0 Å². The van der Waals surface area contributed by atoms with E-state index in [4.69, 9.17) is 4.84 Å². The van der Waals surface area contributed by atoms with Crippen LogP contribution in [0.25, 0.3) is 11.1 Å². The van der Waals surface area contributed by atoms with E-state index in [0.717, 1.165) is 22.3 Å². The first-order valence-electron chi connectivity index (χ1n) is 12.0. The molecule has 1 aliphatic heterocycles. The monoisotopic (exact) mass is 485 g/mol. The minimum Gasteiger partial charge on any atom is -0.508 e. The summed E-state index contributed by atoms with van der Waals surface area (Å²) in [6.45, 7) is 4.60. The van der Waals surface area contributed by atoms with Crippen LogP contribution in [-0.4, -0.2) is 53.8 Å². The number of nitrogens with one attached hydrogen (secondary N) is 1. The van der Waals surface area contributed by atoms with E-state index in [9.17, 15) is 14.7 Å². The standard InChI is InChI=1S/C29H31N3O4/c1-19-7-4-5-10-25(19)22-11-12-26(20(2)15-22)29(35)32-18-23(31-36-3)17-27(32)28(34)30-14-13-21-8-6-9-24(33)16-21/h4-12,15-16,27,33H,13-14,17-18H2,1-3H3,(H,30,34)/t27-/m0/s1. The highest BCUT2D eigenvalue weighted by Gasteiger charge is 2.38. The van der Waals surface area contributed by atoms with Crippen LogP contribution in [0.3, 0.4) is 0 Å². The molecule has 186 valence electrons. The molecule has 3 aromatic carbocycles. The smallest absolute Gasteiger partial charge is 0.255 e. The third-order valence-electron chi connectivity index (χ3n) is 6.48. The molecular weight excluding hydrogens is 454 g/mol. The van der Waals surface area contributed by atoms with Crippen LogP contribution in [0.1, 0.15) is 33.5 Å². The molecule has 1 fully saturated rings. The third kappa shape index (κ3) is 5.57. The Hall–Kier alpha value is -4.13. The van der Waals surface area contributed by atoms with Crippen molar-refractivity contribution in [3.8, 4) is 16.9 Å². The first kappa shape index (κ1) is 25.0. The van der Waals surface area contributed by atoms with Crippen LogP contribution in [-0.2, 0) is 16.1 Å². The fourth-order valence-corrected chi connectivity index (χ4v) is 4.63. The number of benzene rings is 3. The maximum Gasteiger partial charge on any atom is 0.255 e. The molecule has 1 heterocycles. The predicted molar refractivity (Wildman–Crippen MR) is 140 cm³/mol. The van der Waals surface area contributed by atoms with Crippen molar-refractivity contribution >= 4 is 17.5 Å². The highest BCUT2D eigenvalue weighted by molar-refractivity contribution is 6.06. The van der Waals surface area contributed by atoms with Gasteiger partial charge in [-0.05, 0) is 66.3 Å². The van der Waals surface area contributed by atoms with Crippen LogP contribution in [0.5, 0.6) is 5.75 Å². The van der Waals surface area contributed by atoms with Crippen LogP contribution >= 0.6 is 0 Å². The van der Waals surface area contributed by atoms with Crippen LogP contribution in [0.4, 0.5) is 0 Å². The molecule has 0 radical (unpaired) electrons. The molecule has 7 nitrogen and oxygen atoms in total. The third-order valence-corrected chi connectivity index (χ3v) is 6.48. The molecule has 4 rings (SSSR count). The van der Waals surface area contributed by atoms with Crippen molar-refractivity contribution in [2.24, 2.45) is 5.16 Å². The lowest BCUT2D eigenvalue weighted by atomic mass is 9.96. The van der Waals surface area contributed by atoms with Gasteiger partial charge in [0.2, 0.25) is 5.91 Å². The van der Waals surface area contributed by atoms with Gasteiger partial charge in [0.25, 0.3) is 5.91 Å². The Bertz CT molecular complexity index is 1300. The SMILES string of the molecule is CON=C1C[C@@H](C(=O)NCCc2cccc(O)c2)N(C(=O)c2ccc(-c3ccccc3C)cc2C)C1. The number of carbonyl (C=O) groups is 2. The Morgan fingerprint density at radius 3 is 2.58 bits per heavy atom. The van der Waals surface area contributed by atoms with Gasteiger partial charge in [-0.25, -0.2) is 0 Å². The lowest BCUT2D eigenvalue weighted by molar-refractivity contribution is -0.124. The number of hydrogen-bond donors (Lipinski definition) is 2. The topological polar surface area (TPSA) is 91.2 Å². The molecule has 36 heavy (non-hydrogen) atoms. The van der Waals surface area contributed by atoms with E-state index in [0.29, 0.717) is 30.7 Å². The maximum absolute atomic E-state index is 13.6. The van der Waals surface area contributed by atoms with Crippen LogP contribution in [0.15, 0.2) is 71.9 Å². The van der Waals surface area contributed by atoms with Crippen molar-refractivity contribution in [3.05, 3.63) is 89.0 Å². The second-order valence-electron chi connectivity index (χ2n) is 9.05. The van der Waals surface area contributed by atoms with E-state index in [1.54, 1.807) is 23.1 Å². The summed E-state index contributed by atoms with van der Waals surface area (Å²) in [7, 11) is 1.45. The van der Waals surface area contributed by atoms with Gasteiger partial charge in [-0.15, -0.1) is 0 Å². The van der Waals surface area contributed by atoms with Crippen LogP contribution in [0, 0.1) is 13.8 Å². The predicted octanol–water partition coefficient (Wildman–Crippen LogP) is 4.25. The number of likely N-dealkylation sites (tertiary alicyclic amines) is 1. The second-order valence-corrected chi connectivity index (χ2v) is 9.05. The normalized spacial score (nSPS) is 16.2. The number of hydrogen-bond acceptors (Lipinski definition) is 5. The molecule has 1 saturated heterocycles. The molecule has 0 unspecified atom stereocenters. The number of aromatic hydroxyl groups is 1. The van der Waals surface area contributed by atoms with Gasteiger partial charge >= 0.3 is 0 Å². The van der Waals surface area contributed by atoms with E-state index in [1.165, 1.54) is 12.7 Å². The summed E-state index contributed by atoms with van der Waals surface area (Å²) in [5.74, 6) is -0.257. The number of rotatable bonds is 7. The number of nitrogens with zero attached hydrogens (tertiary/aromatic N) is 2. The number of oxime groups is 1.